The van der Waals surface area contributed by atoms with E-state index in [1.165, 1.54) is 4.90 Å². The van der Waals surface area contributed by atoms with Crippen LogP contribution in [0, 0.1) is 5.41 Å². The summed E-state index contributed by atoms with van der Waals surface area (Å²) in [6, 6.07) is -0.406. The molecule has 4 aliphatic heterocycles. The summed E-state index contributed by atoms with van der Waals surface area (Å²) in [6.45, 7) is 3.49. The molecule has 5 heterocycles. The van der Waals surface area contributed by atoms with Crippen LogP contribution < -0.4 is 20.4 Å². The van der Waals surface area contributed by atoms with Crippen LogP contribution in [0.4, 0.5) is 25.5 Å². The quantitative estimate of drug-likeness (QED) is 0.549. The first-order chi connectivity index (χ1) is 18.2. The first kappa shape index (κ1) is 24.9. The molecular formula is C24H25ClFN5O7. The highest BCUT2D eigenvalue weighted by Crippen LogP contribution is 2.52. The molecule has 14 heteroatoms. The number of barbiturate groups is 1. The van der Waals surface area contributed by atoms with Gasteiger partial charge < -0.3 is 18.9 Å². The van der Waals surface area contributed by atoms with Gasteiger partial charge in [-0.05, 0) is 44.7 Å². The van der Waals surface area contributed by atoms with E-state index in [0.717, 1.165) is 0 Å². The number of halogens is 2. The Balaban J connectivity index is 1.53. The third-order valence-corrected chi connectivity index (χ3v) is 8.16. The van der Waals surface area contributed by atoms with E-state index in [1.54, 1.807) is 13.0 Å². The molecule has 0 radical (unpaired) electrons. The molecule has 0 saturated carbocycles. The van der Waals surface area contributed by atoms with Gasteiger partial charge in [0, 0.05) is 6.54 Å². The summed E-state index contributed by atoms with van der Waals surface area (Å²) in [4.78, 5) is 54.6. The van der Waals surface area contributed by atoms with E-state index in [4.69, 9.17) is 25.6 Å². The van der Waals surface area contributed by atoms with Gasteiger partial charge in [0.1, 0.15) is 11.6 Å². The molecule has 3 fully saturated rings. The van der Waals surface area contributed by atoms with Crippen LogP contribution in [0.5, 0.6) is 0 Å². The number of fused-ring (bicyclic) bond motifs is 5. The van der Waals surface area contributed by atoms with E-state index in [9.17, 15) is 23.6 Å². The monoisotopic (exact) mass is 549 g/mol. The molecule has 0 unspecified atom stereocenters. The molecule has 4 aliphatic rings. The third-order valence-electron chi connectivity index (χ3n) is 7.81. The number of alkyl halides is 1. The minimum Gasteiger partial charge on any atom is -0.447 e. The van der Waals surface area contributed by atoms with Crippen molar-refractivity contribution in [3.8, 4) is 0 Å². The van der Waals surface area contributed by atoms with Gasteiger partial charge in [0.15, 0.2) is 16.8 Å². The summed E-state index contributed by atoms with van der Waals surface area (Å²) < 4.78 is 29.7. The number of rotatable bonds is 4. The number of urea groups is 1. The lowest BCUT2D eigenvalue weighted by Gasteiger charge is -2.55. The number of nitrogens with one attached hydrogen (secondary N) is 2. The molecule has 0 aliphatic carbocycles. The van der Waals surface area contributed by atoms with Gasteiger partial charge in [0.05, 0.1) is 42.0 Å². The number of aromatic nitrogens is 1. The molecule has 2 N–H and O–H groups in total. The molecular weight excluding hydrogens is 525 g/mol. The van der Waals surface area contributed by atoms with E-state index in [2.05, 4.69) is 15.8 Å². The Morgan fingerprint density at radius 1 is 1.21 bits per heavy atom. The molecule has 1 aromatic carbocycles. The predicted octanol–water partition coefficient (Wildman–Crippen LogP) is 2.45. The minimum absolute atomic E-state index is 0.0780. The number of amides is 5. The lowest BCUT2D eigenvalue weighted by molar-refractivity contribution is -0.153. The molecule has 4 atom stereocenters. The summed E-state index contributed by atoms with van der Waals surface area (Å²) in [5.41, 5.74) is -0.365. The van der Waals surface area contributed by atoms with E-state index in [0.29, 0.717) is 29.6 Å². The van der Waals surface area contributed by atoms with Crippen LogP contribution in [0.2, 0.25) is 5.02 Å². The molecule has 0 bridgehead atoms. The summed E-state index contributed by atoms with van der Waals surface area (Å²) in [6.07, 6.45) is -0.957. The standard InChI is InChI=1S/C24H25ClFN5O7/c1-10-8-30-16-12(7-24(18(30)11(2)37-10)20(32)27-22(34)28-21(24)33)6-14-17(15(16)25)38-29-19(14)31-13(4-3-5-26)9-36-23(31)35/h6,10-11,13,18H,3-5,7-9H2,1-2H3,(H2,27,28,32,33,34)/t10-,11+,13+,18-/m1/s1. The number of hydrogen-bond donors (Lipinski definition) is 2. The number of carbonyl (C=O) groups excluding carboxylic acids is 4. The lowest BCUT2D eigenvalue weighted by Crippen LogP contribution is -2.75. The van der Waals surface area contributed by atoms with Gasteiger partial charge in [-0.15, -0.1) is 0 Å². The molecule has 5 amide bonds. The largest absolute Gasteiger partial charge is 0.447 e. The Kier molecular flexibility index (Phi) is 5.76. The molecule has 202 valence electrons. The number of morpholine rings is 1. The lowest BCUT2D eigenvalue weighted by atomic mass is 9.66. The summed E-state index contributed by atoms with van der Waals surface area (Å²) in [7, 11) is 0. The van der Waals surface area contributed by atoms with Crippen LogP contribution in [-0.4, -0.2) is 73.2 Å². The van der Waals surface area contributed by atoms with Crippen LogP contribution in [0.3, 0.4) is 0 Å². The average molecular weight is 550 g/mol. The first-order valence-electron chi connectivity index (χ1n) is 12.4. The minimum atomic E-state index is -1.69. The van der Waals surface area contributed by atoms with Crippen LogP contribution in [0.25, 0.3) is 11.0 Å². The number of nitrogens with zero attached hydrogens (tertiary/aromatic N) is 3. The second kappa shape index (κ2) is 8.80. The van der Waals surface area contributed by atoms with E-state index in [1.807, 2.05) is 11.8 Å². The highest BCUT2D eigenvalue weighted by Gasteiger charge is 2.63. The highest BCUT2D eigenvalue weighted by molar-refractivity contribution is 6.38. The zero-order valence-electron chi connectivity index (χ0n) is 20.6. The summed E-state index contributed by atoms with van der Waals surface area (Å²) in [5, 5.41) is 9.20. The molecule has 12 nitrogen and oxygen atoms in total. The number of ether oxygens (including phenoxy) is 2. The van der Waals surface area contributed by atoms with Crippen LogP contribution >= 0.6 is 11.6 Å². The van der Waals surface area contributed by atoms with E-state index >= 15 is 0 Å². The van der Waals surface area contributed by atoms with Crippen molar-refractivity contribution in [2.75, 3.05) is 29.6 Å². The van der Waals surface area contributed by atoms with Crippen LogP contribution in [0.15, 0.2) is 10.6 Å². The van der Waals surface area contributed by atoms with Gasteiger partial charge in [-0.25, -0.2) is 9.59 Å². The van der Waals surface area contributed by atoms with E-state index < -0.39 is 54.2 Å². The van der Waals surface area contributed by atoms with Crippen molar-refractivity contribution >= 4 is 58.0 Å². The Morgan fingerprint density at radius 3 is 2.66 bits per heavy atom. The highest BCUT2D eigenvalue weighted by atomic mass is 35.5. The normalized spacial score (nSPS) is 28.3. The molecule has 1 spiro atoms. The maximum absolute atomic E-state index is 13.4. The maximum atomic E-state index is 13.4. The van der Waals surface area contributed by atoms with Crippen molar-refractivity contribution < 1.29 is 37.6 Å². The maximum Gasteiger partial charge on any atom is 0.416 e. The topological polar surface area (TPSA) is 143 Å². The number of carbonyl (C=O) groups is 4. The predicted molar refractivity (Wildman–Crippen MR) is 131 cm³/mol. The molecule has 3 saturated heterocycles. The number of anilines is 2. The van der Waals surface area contributed by atoms with Crippen molar-refractivity contribution in [1.82, 2.24) is 15.8 Å². The fourth-order valence-corrected chi connectivity index (χ4v) is 6.72. The zero-order valence-corrected chi connectivity index (χ0v) is 21.3. The Morgan fingerprint density at radius 2 is 1.95 bits per heavy atom. The summed E-state index contributed by atoms with van der Waals surface area (Å²) in [5.74, 6) is -1.30. The Labute approximate surface area is 220 Å². The Hall–Kier alpha value is -3.45. The Bertz CT molecular complexity index is 1360. The zero-order chi connectivity index (χ0) is 26.9. The fourth-order valence-electron chi connectivity index (χ4n) is 6.36. The number of hydrogen-bond acceptors (Lipinski definition) is 9. The van der Waals surface area contributed by atoms with Gasteiger partial charge in [-0.1, -0.05) is 16.8 Å². The van der Waals surface area contributed by atoms with Crippen molar-refractivity contribution in [1.29, 1.82) is 0 Å². The van der Waals surface area contributed by atoms with Crippen molar-refractivity contribution in [3.05, 3.63) is 16.7 Å². The molecule has 2 aromatic rings. The molecule has 6 rings (SSSR count). The fraction of sp³-hybridized carbons (Fsp3) is 0.542. The van der Waals surface area contributed by atoms with Crippen LogP contribution in [-0.2, 0) is 25.5 Å². The third kappa shape index (κ3) is 3.40. The molecule has 1 aromatic heterocycles. The van der Waals surface area contributed by atoms with Crippen molar-refractivity contribution in [3.63, 3.8) is 0 Å². The van der Waals surface area contributed by atoms with Gasteiger partial charge >= 0.3 is 12.1 Å². The van der Waals surface area contributed by atoms with Gasteiger partial charge in [0.2, 0.25) is 11.8 Å². The number of cyclic esters (lactones) is 1. The van der Waals surface area contributed by atoms with Crippen molar-refractivity contribution in [2.45, 2.75) is 57.4 Å². The van der Waals surface area contributed by atoms with Crippen molar-refractivity contribution in [2.24, 2.45) is 5.41 Å². The van der Waals surface area contributed by atoms with Gasteiger partial charge in [-0.2, -0.15) is 0 Å². The second-order valence-electron chi connectivity index (χ2n) is 10.1. The van der Waals surface area contributed by atoms with Gasteiger partial charge in [-0.3, -0.25) is 29.5 Å². The SMILES string of the molecule is C[C@@H]1CN2c3c(cc4c(N5C(=O)OC[C@@H]5CCCF)noc4c3Cl)CC3(C(=O)NC(=O)NC3=O)[C@H]2[C@H](C)O1. The average Bonchev–Trinajstić information content (AvgIpc) is 3.43. The van der Waals surface area contributed by atoms with Gasteiger partial charge in [0.25, 0.3) is 0 Å². The molecule has 38 heavy (non-hydrogen) atoms. The summed E-state index contributed by atoms with van der Waals surface area (Å²) >= 11 is 6.92. The smallest absolute Gasteiger partial charge is 0.416 e. The number of benzene rings is 1. The first-order valence-corrected chi connectivity index (χ1v) is 12.8. The van der Waals surface area contributed by atoms with E-state index in [-0.39, 0.29) is 42.0 Å². The second-order valence-corrected chi connectivity index (χ2v) is 10.5. The number of imide groups is 2. The van der Waals surface area contributed by atoms with Crippen LogP contribution in [0.1, 0.15) is 32.3 Å².